The Balaban J connectivity index is 2.31. The van der Waals surface area contributed by atoms with E-state index >= 15 is 0 Å². The second-order valence-corrected chi connectivity index (χ2v) is 5.08. The number of benzene rings is 1. The fraction of sp³-hybridized carbons (Fsp3) is 0.214. The topological polar surface area (TPSA) is 38.9 Å². The summed E-state index contributed by atoms with van der Waals surface area (Å²) in [6.07, 6.45) is 1.76. The normalized spacial score (nSPS) is 14.2. The second kappa shape index (κ2) is 5.70. The van der Waals surface area contributed by atoms with Crippen molar-refractivity contribution in [3.05, 3.63) is 63.9 Å². The highest BCUT2D eigenvalue weighted by Crippen LogP contribution is 2.33. The van der Waals surface area contributed by atoms with Crippen molar-refractivity contribution in [3.63, 3.8) is 0 Å². The first-order chi connectivity index (χ1) is 8.59. The largest absolute Gasteiger partial charge is 0.323 e. The summed E-state index contributed by atoms with van der Waals surface area (Å²) in [7, 11) is 0. The molecule has 2 nitrogen and oxygen atoms in total. The summed E-state index contributed by atoms with van der Waals surface area (Å²) in [5, 5.41) is 1.27. The molecule has 0 aliphatic heterocycles. The molecule has 0 spiro atoms. The number of nitrogens with zero attached hydrogens (tertiary/aromatic N) is 1. The average molecular weight is 281 g/mol. The van der Waals surface area contributed by atoms with Crippen molar-refractivity contribution in [1.29, 1.82) is 0 Å². The van der Waals surface area contributed by atoms with E-state index in [-0.39, 0.29) is 12.0 Å². The maximum Gasteiger partial charge on any atom is 0.0455 e. The Hall–Kier alpha value is -1.09. The average Bonchev–Trinajstić information content (AvgIpc) is 2.41. The third-order valence-electron chi connectivity index (χ3n) is 3.01. The fourth-order valence-corrected chi connectivity index (χ4v) is 2.29. The lowest BCUT2D eigenvalue weighted by Crippen LogP contribution is -2.18. The quantitative estimate of drug-likeness (QED) is 0.916. The van der Waals surface area contributed by atoms with Crippen molar-refractivity contribution < 1.29 is 0 Å². The van der Waals surface area contributed by atoms with Gasteiger partial charge in [0.2, 0.25) is 0 Å². The summed E-state index contributed by atoms with van der Waals surface area (Å²) in [6, 6.07) is 10.9. The molecule has 0 amide bonds. The maximum atomic E-state index is 6.26. The molecule has 4 heteroatoms. The van der Waals surface area contributed by atoms with E-state index in [0.29, 0.717) is 10.0 Å². The number of nitrogens with two attached hydrogens (primary N) is 1. The molecule has 0 aliphatic carbocycles. The van der Waals surface area contributed by atoms with Gasteiger partial charge in [-0.3, -0.25) is 4.98 Å². The minimum Gasteiger partial charge on any atom is -0.323 e. The molecule has 1 aromatic heterocycles. The molecule has 0 radical (unpaired) electrons. The standard InChI is InChI=1S/C14H14Cl2N2/c1-9(13-4-2-3-7-18-13)14(17)11-8-10(15)5-6-12(11)16/h2-9,14H,17H2,1H3. The van der Waals surface area contributed by atoms with Gasteiger partial charge in [-0.05, 0) is 35.9 Å². The lowest BCUT2D eigenvalue weighted by Gasteiger charge is -2.21. The SMILES string of the molecule is CC(c1ccccn1)C(N)c1cc(Cl)ccc1Cl. The Morgan fingerprint density at radius 3 is 2.61 bits per heavy atom. The highest BCUT2D eigenvalue weighted by Gasteiger charge is 2.20. The number of aromatic nitrogens is 1. The predicted octanol–water partition coefficient (Wildman–Crippen LogP) is 4.19. The first-order valence-electron chi connectivity index (χ1n) is 5.71. The lowest BCUT2D eigenvalue weighted by molar-refractivity contribution is 0.584. The van der Waals surface area contributed by atoms with Gasteiger partial charge < -0.3 is 5.73 Å². The zero-order chi connectivity index (χ0) is 13.1. The van der Waals surface area contributed by atoms with E-state index in [4.69, 9.17) is 28.9 Å². The predicted molar refractivity (Wildman–Crippen MR) is 76.0 cm³/mol. The summed E-state index contributed by atoms with van der Waals surface area (Å²) in [5.41, 5.74) is 8.05. The van der Waals surface area contributed by atoms with E-state index in [1.54, 1.807) is 18.3 Å². The van der Waals surface area contributed by atoms with Crippen LogP contribution in [-0.2, 0) is 0 Å². The van der Waals surface area contributed by atoms with E-state index in [1.165, 1.54) is 0 Å². The van der Waals surface area contributed by atoms with Crippen LogP contribution in [0.5, 0.6) is 0 Å². The van der Waals surface area contributed by atoms with Gasteiger partial charge >= 0.3 is 0 Å². The number of hydrogen-bond donors (Lipinski definition) is 1. The van der Waals surface area contributed by atoms with E-state index in [1.807, 2.05) is 31.2 Å². The van der Waals surface area contributed by atoms with Gasteiger partial charge in [0.05, 0.1) is 0 Å². The van der Waals surface area contributed by atoms with Crippen molar-refractivity contribution >= 4 is 23.2 Å². The monoisotopic (exact) mass is 280 g/mol. The van der Waals surface area contributed by atoms with Crippen molar-refractivity contribution in [1.82, 2.24) is 4.98 Å². The number of rotatable bonds is 3. The molecule has 18 heavy (non-hydrogen) atoms. The first kappa shape index (κ1) is 13.3. The molecule has 2 N–H and O–H groups in total. The summed E-state index contributed by atoms with van der Waals surface area (Å²) in [5.74, 6) is 0.0715. The van der Waals surface area contributed by atoms with Crippen LogP contribution >= 0.6 is 23.2 Å². The van der Waals surface area contributed by atoms with Gasteiger partial charge in [0.15, 0.2) is 0 Å². The van der Waals surface area contributed by atoms with Crippen LogP contribution in [0.3, 0.4) is 0 Å². The van der Waals surface area contributed by atoms with Gasteiger partial charge in [-0.2, -0.15) is 0 Å². The highest BCUT2D eigenvalue weighted by atomic mass is 35.5. The number of hydrogen-bond acceptors (Lipinski definition) is 2. The lowest BCUT2D eigenvalue weighted by atomic mass is 9.92. The summed E-state index contributed by atoms with van der Waals surface area (Å²) in [6.45, 7) is 2.03. The molecule has 1 aromatic carbocycles. The Bertz CT molecular complexity index is 529. The Kier molecular flexibility index (Phi) is 4.23. The Morgan fingerprint density at radius 2 is 1.94 bits per heavy atom. The molecule has 0 saturated heterocycles. The van der Waals surface area contributed by atoms with E-state index in [0.717, 1.165) is 11.3 Å². The third-order valence-corrected chi connectivity index (χ3v) is 3.59. The third kappa shape index (κ3) is 2.83. The van der Waals surface area contributed by atoms with Crippen molar-refractivity contribution in [3.8, 4) is 0 Å². The smallest absolute Gasteiger partial charge is 0.0455 e. The summed E-state index contributed by atoms with van der Waals surface area (Å²) >= 11 is 12.1. The molecule has 0 aliphatic rings. The van der Waals surface area contributed by atoms with Gasteiger partial charge in [-0.1, -0.05) is 36.2 Å². The van der Waals surface area contributed by atoms with Crippen LogP contribution in [0.2, 0.25) is 10.0 Å². The van der Waals surface area contributed by atoms with E-state index in [9.17, 15) is 0 Å². The molecule has 0 fully saturated rings. The highest BCUT2D eigenvalue weighted by molar-refractivity contribution is 6.33. The zero-order valence-electron chi connectivity index (χ0n) is 9.98. The van der Waals surface area contributed by atoms with Crippen molar-refractivity contribution in [2.24, 2.45) is 5.73 Å². The van der Waals surface area contributed by atoms with Crippen LogP contribution in [0.1, 0.15) is 30.1 Å². The minimum absolute atomic E-state index is 0.0715. The van der Waals surface area contributed by atoms with Gasteiger partial charge in [0.1, 0.15) is 0 Å². The van der Waals surface area contributed by atoms with Gasteiger partial charge in [-0.25, -0.2) is 0 Å². The van der Waals surface area contributed by atoms with Crippen LogP contribution in [0.15, 0.2) is 42.6 Å². The van der Waals surface area contributed by atoms with Crippen molar-refractivity contribution in [2.75, 3.05) is 0 Å². The Morgan fingerprint density at radius 1 is 1.17 bits per heavy atom. The zero-order valence-corrected chi connectivity index (χ0v) is 11.5. The van der Waals surface area contributed by atoms with Crippen LogP contribution in [0.25, 0.3) is 0 Å². The van der Waals surface area contributed by atoms with Gasteiger partial charge in [-0.15, -0.1) is 0 Å². The Labute approximate surface area is 117 Å². The maximum absolute atomic E-state index is 6.26. The fourth-order valence-electron chi connectivity index (χ4n) is 1.87. The molecule has 1 heterocycles. The van der Waals surface area contributed by atoms with Gasteiger partial charge in [0, 0.05) is 33.9 Å². The molecule has 2 atom stereocenters. The number of halogens is 2. The first-order valence-corrected chi connectivity index (χ1v) is 6.46. The van der Waals surface area contributed by atoms with Crippen molar-refractivity contribution in [2.45, 2.75) is 18.9 Å². The summed E-state index contributed by atoms with van der Waals surface area (Å²) in [4.78, 5) is 4.32. The van der Waals surface area contributed by atoms with Gasteiger partial charge in [0.25, 0.3) is 0 Å². The minimum atomic E-state index is -0.230. The molecule has 0 bridgehead atoms. The molecular weight excluding hydrogens is 267 g/mol. The van der Waals surface area contributed by atoms with Crippen LogP contribution in [-0.4, -0.2) is 4.98 Å². The molecule has 2 unspecified atom stereocenters. The van der Waals surface area contributed by atoms with Crippen LogP contribution in [0, 0.1) is 0 Å². The molecule has 0 saturated carbocycles. The van der Waals surface area contributed by atoms with Crippen LogP contribution in [0.4, 0.5) is 0 Å². The van der Waals surface area contributed by atoms with E-state index < -0.39 is 0 Å². The molecule has 2 rings (SSSR count). The molecular formula is C14H14Cl2N2. The molecule has 94 valence electrons. The molecule has 2 aromatic rings. The second-order valence-electron chi connectivity index (χ2n) is 4.23. The van der Waals surface area contributed by atoms with Crippen LogP contribution < -0.4 is 5.73 Å². The summed E-state index contributed by atoms with van der Waals surface area (Å²) < 4.78 is 0. The van der Waals surface area contributed by atoms with E-state index in [2.05, 4.69) is 4.98 Å². The number of pyridine rings is 1.